The van der Waals surface area contributed by atoms with Crippen LogP contribution in [0.2, 0.25) is 0 Å². The van der Waals surface area contributed by atoms with Gasteiger partial charge >= 0.3 is 0 Å². The number of hydrogen-bond acceptors (Lipinski definition) is 2. The summed E-state index contributed by atoms with van der Waals surface area (Å²) in [7, 11) is 0. The van der Waals surface area contributed by atoms with Crippen molar-refractivity contribution in [2.75, 3.05) is 6.54 Å². The molecule has 2 heteroatoms. The van der Waals surface area contributed by atoms with E-state index < -0.39 is 0 Å². The van der Waals surface area contributed by atoms with Crippen molar-refractivity contribution in [2.24, 2.45) is 11.1 Å². The second-order valence-corrected chi connectivity index (χ2v) is 6.53. The zero-order chi connectivity index (χ0) is 14.6. The number of aliphatic hydroxyl groups excluding tert-OH is 1. The normalized spacial score (nSPS) is 13.7. The van der Waals surface area contributed by atoms with E-state index in [9.17, 15) is 5.11 Å². The van der Waals surface area contributed by atoms with Crippen LogP contribution in [0, 0.1) is 5.41 Å². The Bertz CT molecular complexity index is 182. The molecule has 0 spiro atoms. The van der Waals surface area contributed by atoms with E-state index in [0.29, 0.717) is 12.0 Å². The average Bonchev–Trinajstić information content (AvgIpc) is 2.40. The summed E-state index contributed by atoms with van der Waals surface area (Å²) >= 11 is 0. The largest absolute Gasteiger partial charge is 0.392 e. The second kappa shape index (κ2) is 11.7. The van der Waals surface area contributed by atoms with Crippen molar-refractivity contribution in [1.82, 2.24) is 0 Å². The topological polar surface area (TPSA) is 46.2 Å². The summed E-state index contributed by atoms with van der Waals surface area (Å²) in [6.07, 6.45) is 13.6. The lowest BCUT2D eigenvalue weighted by molar-refractivity contribution is 0.0967. The highest BCUT2D eigenvalue weighted by Gasteiger charge is 2.26. The van der Waals surface area contributed by atoms with Crippen LogP contribution in [0.1, 0.15) is 91.4 Å². The molecule has 1 unspecified atom stereocenters. The molecule has 0 saturated heterocycles. The van der Waals surface area contributed by atoms with E-state index in [0.717, 1.165) is 6.42 Å². The van der Waals surface area contributed by atoms with E-state index >= 15 is 0 Å². The van der Waals surface area contributed by atoms with Gasteiger partial charge in [-0.1, -0.05) is 72.1 Å². The third-order valence-corrected chi connectivity index (χ3v) is 4.27. The van der Waals surface area contributed by atoms with Crippen molar-refractivity contribution in [3.8, 4) is 0 Å². The van der Waals surface area contributed by atoms with Gasteiger partial charge in [0.15, 0.2) is 0 Å². The molecule has 0 aliphatic carbocycles. The van der Waals surface area contributed by atoms with E-state index in [2.05, 4.69) is 20.8 Å². The first-order chi connectivity index (χ1) is 9.08. The third-order valence-electron chi connectivity index (χ3n) is 4.27. The molecule has 0 heterocycles. The van der Waals surface area contributed by atoms with Crippen LogP contribution in [0.3, 0.4) is 0 Å². The molecule has 19 heavy (non-hydrogen) atoms. The standard InChI is InChI=1S/C17H37NO/c1-4-6-8-10-12-17(3,14-16(19)15-18)13-11-9-7-5-2/h16,19H,4-15,18H2,1-3H3. The van der Waals surface area contributed by atoms with E-state index in [-0.39, 0.29) is 6.10 Å². The van der Waals surface area contributed by atoms with Gasteiger partial charge in [0.1, 0.15) is 0 Å². The van der Waals surface area contributed by atoms with Crippen molar-refractivity contribution in [3.63, 3.8) is 0 Å². The highest BCUT2D eigenvalue weighted by atomic mass is 16.3. The predicted octanol–water partition coefficient (Wildman–Crippen LogP) is 4.64. The Morgan fingerprint density at radius 3 is 1.74 bits per heavy atom. The molecule has 0 aliphatic rings. The number of unbranched alkanes of at least 4 members (excludes halogenated alkanes) is 6. The molecule has 0 aromatic carbocycles. The Kier molecular flexibility index (Phi) is 11.7. The fraction of sp³-hybridized carbons (Fsp3) is 1.00. The van der Waals surface area contributed by atoms with Crippen LogP contribution < -0.4 is 5.73 Å². The molecule has 0 fully saturated rings. The van der Waals surface area contributed by atoms with Gasteiger partial charge in [-0.15, -0.1) is 0 Å². The molecule has 0 aromatic heterocycles. The zero-order valence-electron chi connectivity index (χ0n) is 13.6. The Morgan fingerprint density at radius 2 is 1.37 bits per heavy atom. The summed E-state index contributed by atoms with van der Waals surface area (Å²) in [5.41, 5.74) is 5.87. The lowest BCUT2D eigenvalue weighted by Crippen LogP contribution is -2.29. The van der Waals surface area contributed by atoms with Gasteiger partial charge in [0.05, 0.1) is 6.10 Å². The first kappa shape index (κ1) is 18.9. The molecule has 0 aromatic rings. The molecule has 1 atom stereocenters. The molecule has 3 N–H and O–H groups in total. The summed E-state index contributed by atoms with van der Waals surface area (Å²) in [5, 5.41) is 9.87. The van der Waals surface area contributed by atoms with Gasteiger partial charge in [-0.05, 0) is 24.7 Å². The molecular weight excluding hydrogens is 234 g/mol. The maximum atomic E-state index is 9.87. The lowest BCUT2D eigenvalue weighted by Gasteiger charge is -2.32. The maximum Gasteiger partial charge on any atom is 0.0667 e. The van der Waals surface area contributed by atoms with Crippen LogP contribution in [-0.2, 0) is 0 Å². The maximum absolute atomic E-state index is 9.87. The Hall–Kier alpha value is -0.0800. The molecule has 0 radical (unpaired) electrons. The van der Waals surface area contributed by atoms with Crippen LogP contribution in [-0.4, -0.2) is 17.8 Å². The summed E-state index contributed by atoms with van der Waals surface area (Å²) < 4.78 is 0. The molecule has 116 valence electrons. The van der Waals surface area contributed by atoms with Gasteiger partial charge in [0, 0.05) is 6.54 Å². The minimum atomic E-state index is -0.317. The molecule has 0 rings (SSSR count). The monoisotopic (exact) mass is 271 g/mol. The molecule has 0 amide bonds. The average molecular weight is 271 g/mol. The van der Waals surface area contributed by atoms with Crippen molar-refractivity contribution in [1.29, 1.82) is 0 Å². The van der Waals surface area contributed by atoms with E-state index in [1.54, 1.807) is 0 Å². The number of hydrogen-bond donors (Lipinski definition) is 2. The van der Waals surface area contributed by atoms with Gasteiger partial charge in [-0.2, -0.15) is 0 Å². The van der Waals surface area contributed by atoms with Crippen molar-refractivity contribution >= 4 is 0 Å². The van der Waals surface area contributed by atoms with E-state index in [1.807, 2.05) is 0 Å². The van der Waals surface area contributed by atoms with Crippen LogP contribution in [0.5, 0.6) is 0 Å². The van der Waals surface area contributed by atoms with Gasteiger partial charge in [-0.3, -0.25) is 0 Å². The van der Waals surface area contributed by atoms with E-state index in [1.165, 1.54) is 64.2 Å². The van der Waals surface area contributed by atoms with Gasteiger partial charge in [-0.25, -0.2) is 0 Å². The van der Waals surface area contributed by atoms with Crippen molar-refractivity contribution < 1.29 is 5.11 Å². The Balaban J connectivity index is 4.11. The number of nitrogens with two attached hydrogens (primary N) is 1. The summed E-state index contributed by atoms with van der Waals surface area (Å²) in [6, 6.07) is 0. The number of aliphatic hydroxyl groups is 1. The number of rotatable bonds is 13. The van der Waals surface area contributed by atoms with Gasteiger partial charge in [0.25, 0.3) is 0 Å². The third kappa shape index (κ3) is 10.4. The Morgan fingerprint density at radius 1 is 0.895 bits per heavy atom. The quantitative estimate of drug-likeness (QED) is 0.479. The molecule has 0 bridgehead atoms. The highest BCUT2D eigenvalue weighted by Crippen LogP contribution is 2.35. The zero-order valence-corrected chi connectivity index (χ0v) is 13.6. The summed E-state index contributed by atoms with van der Waals surface area (Å²) in [5.74, 6) is 0. The minimum absolute atomic E-state index is 0.292. The highest BCUT2D eigenvalue weighted by molar-refractivity contribution is 4.78. The molecule has 0 aliphatic heterocycles. The smallest absolute Gasteiger partial charge is 0.0667 e. The second-order valence-electron chi connectivity index (χ2n) is 6.53. The van der Waals surface area contributed by atoms with Crippen LogP contribution in [0.4, 0.5) is 0 Å². The first-order valence-electron chi connectivity index (χ1n) is 8.46. The molecule has 0 saturated carbocycles. The fourth-order valence-electron chi connectivity index (χ4n) is 2.94. The minimum Gasteiger partial charge on any atom is -0.392 e. The summed E-state index contributed by atoms with van der Waals surface area (Å²) in [4.78, 5) is 0. The van der Waals surface area contributed by atoms with Crippen molar-refractivity contribution in [2.45, 2.75) is 97.5 Å². The summed E-state index contributed by atoms with van der Waals surface area (Å²) in [6.45, 7) is 7.26. The van der Waals surface area contributed by atoms with Gasteiger partial charge < -0.3 is 10.8 Å². The van der Waals surface area contributed by atoms with Crippen LogP contribution >= 0.6 is 0 Å². The van der Waals surface area contributed by atoms with Gasteiger partial charge in [0.2, 0.25) is 0 Å². The first-order valence-corrected chi connectivity index (χ1v) is 8.46. The molecular formula is C17H37NO. The lowest BCUT2D eigenvalue weighted by atomic mass is 9.75. The fourth-order valence-corrected chi connectivity index (χ4v) is 2.94. The van der Waals surface area contributed by atoms with E-state index in [4.69, 9.17) is 5.73 Å². The Labute approximate surface area is 121 Å². The van der Waals surface area contributed by atoms with Crippen LogP contribution in [0.15, 0.2) is 0 Å². The van der Waals surface area contributed by atoms with Crippen LogP contribution in [0.25, 0.3) is 0 Å². The predicted molar refractivity (Wildman–Crippen MR) is 85.3 cm³/mol. The SMILES string of the molecule is CCCCCCC(C)(CCCCCC)CC(O)CN. The molecule has 2 nitrogen and oxygen atoms in total. The van der Waals surface area contributed by atoms with Crippen molar-refractivity contribution in [3.05, 3.63) is 0 Å².